The van der Waals surface area contributed by atoms with Crippen LogP contribution in [0.1, 0.15) is 53.4 Å². The first-order valence-corrected chi connectivity index (χ1v) is 12.2. The summed E-state index contributed by atoms with van der Waals surface area (Å²) in [5.74, 6) is 2.87. The molecule has 1 aliphatic rings. The Kier molecular flexibility index (Phi) is 6.26. The van der Waals surface area contributed by atoms with Gasteiger partial charge in [-0.25, -0.2) is 9.97 Å². The number of benzene rings is 1. The minimum absolute atomic E-state index is 0.0859. The summed E-state index contributed by atoms with van der Waals surface area (Å²) < 4.78 is 6.81. The van der Waals surface area contributed by atoms with Gasteiger partial charge in [-0.2, -0.15) is 4.98 Å². The number of nitrogen functional groups attached to an aromatic ring is 1. The zero-order valence-corrected chi connectivity index (χ0v) is 20.1. The lowest BCUT2D eigenvalue weighted by molar-refractivity contribution is 0.318. The van der Waals surface area contributed by atoms with Crippen molar-refractivity contribution in [1.82, 2.24) is 15.0 Å². The molecule has 0 aliphatic heterocycles. The second-order valence-corrected chi connectivity index (χ2v) is 10.0. The number of hydrogen-bond acceptors (Lipinski definition) is 7. The van der Waals surface area contributed by atoms with Crippen LogP contribution in [0, 0.1) is 11.8 Å². The molecule has 1 saturated carbocycles. The average Bonchev–Trinajstić information content (AvgIpc) is 3.26. The first-order valence-electron chi connectivity index (χ1n) is 11.0. The summed E-state index contributed by atoms with van der Waals surface area (Å²) >= 11 is 8.15. The predicted molar refractivity (Wildman–Crippen MR) is 130 cm³/mol. The predicted octanol–water partition coefficient (Wildman–Crippen LogP) is 6.40. The molecule has 6 nitrogen and oxygen atoms in total. The van der Waals surface area contributed by atoms with Crippen molar-refractivity contribution in [3.63, 3.8) is 0 Å². The number of halogens is 1. The molecule has 4 rings (SSSR count). The normalized spacial score (nSPS) is 23.4. The van der Waals surface area contributed by atoms with Crippen molar-refractivity contribution in [3.05, 3.63) is 23.4 Å². The van der Waals surface area contributed by atoms with Gasteiger partial charge in [0.2, 0.25) is 5.95 Å². The number of rotatable bonds is 7. The summed E-state index contributed by atoms with van der Waals surface area (Å²) in [5, 5.41) is 4.78. The maximum absolute atomic E-state index is 6.59. The van der Waals surface area contributed by atoms with Crippen LogP contribution in [-0.2, 0) is 0 Å². The van der Waals surface area contributed by atoms with Crippen molar-refractivity contribution < 1.29 is 4.74 Å². The first kappa shape index (κ1) is 22.1. The lowest BCUT2D eigenvalue weighted by Gasteiger charge is -2.33. The molecule has 3 aromatic rings. The summed E-state index contributed by atoms with van der Waals surface area (Å²) in [6, 6.07) is 5.96. The second-order valence-electron chi connectivity index (χ2n) is 8.63. The molecule has 0 amide bonds. The number of anilines is 2. The van der Waals surface area contributed by atoms with E-state index in [9.17, 15) is 0 Å². The molecule has 3 N–H and O–H groups in total. The number of hydrogen-bond donors (Lipinski definition) is 2. The van der Waals surface area contributed by atoms with Gasteiger partial charge in [0.1, 0.15) is 21.7 Å². The van der Waals surface area contributed by atoms with Crippen molar-refractivity contribution in [1.29, 1.82) is 0 Å². The molecule has 1 aliphatic carbocycles. The lowest BCUT2D eigenvalue weighted by atomic mass is 9.85. The van der Waals surface area contributed by atoms with Crippen molar-refractivity contribution in [2.24, 2.45) is 11.8 Å². The van der Waals surface area contributed by atoms with E-state index < -0.39 is 0 Å². The number of nitrogens with two attached hydrogens (primary N) is 1. The van der Waals surface area contributed by atoms with E-state index in [4.69, 9.17) is 27.1 Å². The Hall–Kier alpha value is -2.12. The van der Waals surface area contributed by atoms with Gasteiger partial charge in [0.25, 0.3) is 0 Å². The van der Waals surface area contributed by atoms with Gasteiger partial charge in [-0.1, -0.05) is 38.8 Å². The van der Waals surface area contributed by atoms with Gasteiger partial charge in [0.05, 0.1) is 22.4 Å². The molecule has 8 heteroatoms. The van der Waals surface area contributed by atoms with E-state index in [1.807, 2.05) is 18.2 Å². The monoisotopic (exact) mass is 459 g/mol. The molecular formula is C23H30ClN5OS. The van der Waals surface area contributed by atoms with Crippen LogP contribution in [0.3, 0.4) is 0 Å². The Morgan fingerprint density at radius 3 is 2.81 bits per heavy atom. The zero-order valence-electron chi connectivity index (χ0n) is 18.5. The highest BCUT2D eigenvalue weighted by molar-refractivity contribution is 7.21. The van der Waals surface area contributed by atoms with Crippen molar-refractivity contribution in [2.45, 2.75) is 58.9 Å². The molecule has 0 radical (unpaired) electrons. The summed E-state index contributed by atoms with van der Waals surface area (Å²) in [4.78, 5) is 13.6. The van der Waals surface area contributed by atoms with E-state index >= 15 is 0 Å². The van der Waals surface area contributed by atoms with Gasteiger partial charge in [-0.3, -0.25) is 0 Å². The van der Waals surface area contributed by atoms with E-state index in [2.05, 4.69) is 43.0 Å². The van der Waals surface area contributed by atoms with Crippen LogP contribution >= 0.6 is 22.9 Å². The van der Waals surface area contributed by atoms with Gasteiger partial charge < -0.3 is 15.8 Å². The standard InChI is InChI=1S/C23H30ClN5OS/c1-5-11-30-15-7-8-16-17(12-15)31-21(26-16)18-19(24)27-22(25)28-20(18)29-23(4)10-9-14(6-2)13(23)3/h7-8,12-14H,5-6,9-11H2,1-4H3,(H3,25,27,28,29). The van der Waals surface area contributed by atoms with Crippen LogP contribution in [0.4, 0.5) is 11.8 Å². The third-order valence-corrected chi connectivity index (χ3v) is 7.91. The molecule has 166 valence electrons. The number of nitrogens with zero attached hydrogens (tertiary/aromatic N) is 3. The number of thiazole rings is 1. The fourth-order valence-electron chi connectivity index (χ4n) is 4.54. The topological polar surface area (TPSA) is 86.0 Å². The van der Waals surface area contributed by atoms with E-state index in [0.29, 0.717) is 35.0 Å². The van der Waals surface area contributed by atoms with Crippen molar-refractivity contribution in [3.8, 4) is 16.3 Å². The van der Waals surface area contributed by atoms with Crippen LogP contribution in [0.25, 0.3) is 20.8 Å². The van der Waals surface area contributed by atoms with Crippen LogP contribution in [0.2, 0.25) is 5.15 Å². The van der Waals surface area contributed by atoms with Gasteiger partial charge in [-0.15, -0.1) is 11.3 Å². The fraction of sp³-hybridized carbons (Fsp3) is 0.522. The zero-order chi connectivity index (χ0) is 22.2. The van der Waals surface area contributed by atoms with E-state index in [1.54, 1.807) is 11.3 Å². The van der Waals surface area contributed by atoms with Gasteiger partial charge >= 0.3 is 0 Å². The molecule has 0 spiro atoms. The van der Waals surface area contributed by atoms with Crippen molar-refractivity contribution in [2.75, 3.05) is 17.7 Å². The Balaban J connectivity index is 1.73. The van der Waals surface area contributed by atoms with Gasteiger partial charge in [0, 0.05) is 5.54 Å². The Morgan fingerprint density at radius 2 is 2.10 bits per heavy atom. The molecule has 2 aromatic heterocycles. The molecule has 0 bridgehead atoms. The van der Waals surface area contributed by atoms with E-state index in [1.165, 1.54) is 12.8 Å². The highest BCUT2D eigenvalue weighted by Gasteiger charge is 2.42. The molecule has 1 fully saturated rings. The molecule has 0 saturated heterocycles. The third kappa shape index (κ3) is 4.30. The first-order chi connectivity index (χ1) is 14.8. The maximum Gasteiger partial charge on any atom is 0.223 e. The Morgan fingerprint density at radius 1 is 1.29 bits per heavy atom. The smallest absolute Gasteiger partial charge is 0.223 e. The second kappa shape index (κ2) is 8.79. The SMILES string of the molecule is CCCOc1ccc2nc(-c3c(Cl)nc(N)nc3NC3(C)CCC(CC)C3C)sc2c1. The van der Waals surface area contributed by atoms with Crippen molar-refractivity contribution >= 4 is 44.9 Å². The number of aromatic nitrogens is 3. The van der Waals surface area contributed by atoms with E-state index in [0.717, 1.165) is 33.8 Å². The maximum atomic E-state index is 6.59. The fourth-order valence-corrected chi connectivity index (χ4v) is 5.90. The summed E-state index contributed by atoms with van der Waals surface area (Å²) in [7, 11) is 0. The van der Waals surface area contributed by atoms with Crippen LogP contribution < -0.4 is 15.8 Å². The highest BCUT2D eigenvalue weighted by atomic mass is 35.5. The Labute approximate surface area is 192 Å². The van der Waals surface area contributed by atoms with Crippen LogP contribution in [0.15, 0.2) is 18.2 Å². The number of fused-ring (bicyclic) bond motifs is 1. The van der Waals surface area contributed by atoms with Gasteiger partial charge in [0.15, 0.2) is 0 Å². The molecule has 1 aromatic carbocycles. The molecule has 31 heavy (non-hydrogen) atoms. The van der Waals surface area contributed by atoms with Gasteiger partial charge in [-0.05, 0) is 56.2 Å². The average molecular weight is 460 g/mol. The Bertz CT molecular complexity index is 1090. The summed E-state index contributed by atoms with van der Waals surface area (Å²) in [6.07, 6.45) is 4.42. The number of ether oxygens (including phenoxy) is 1. The summed E-state index contributed by atoms with van der Waals surface area (Å²) in [5.41, 5.74) is 7.49. The quantitative estimate of drug-likeness (QED) is 0.397. The van der Waals surface area contributed by atoms with Crippen LogP contribution in [0.5, 0.6) is 5.75 Å². The minimum Gasteiger partial charge on any atom is -0.494 e. The molecule has 3 atom stereocenters. The minimum atomic E-state index is -0.0859. The summed E-state index contributed by atoms with van der Waals surface area (Å²) in [6.45, 7) is 9.62. The van der Waals surface area contributed by atoms with Crippen LogP contribution in [-0.4, -0.2) is 27.1 Å². The largest absolute Gasteiger partial charge is 0.494 e. The third-order valence-electron chi connectivity index (χ3n) is 6.60. The number of nitrogens with one attached hydrogen (secondary N) is 1. The molecular weight excluding hydrogens is 430 g/mol. The van der Waals surface area contributed by atoms with E-state index in [-0.39, 0.29) is 11.5 Å². The lowest BCUT2D eigenvalue weighted by Crippen LogP contribution is -2.39. The molecule has 3 unspecified atom stereocenters. The molecule has 2 heterocycles. The highest BCUT2D eigenvalue weighted by Crippen LogP contribution is 2.46.